The molecule has 6 N–H and O–H groups in total. The summed E-state index contributed by atoms with van der Waals surface area (Å²) in [5.41, 5.74) is 15.1. The molecule has 12 heteroatoms. The van der Waals surface area contributed by atoms with E-state index in [4.69, 9.17) is 20.9 Å². The molecule has 0 fully saturated rings. The van der Waals surface area contributed by atoms with Crippen LogP contribution < -0.4 is 20.9 Å². The van der Waals surface area contributed by atoms with Crippen molar-refractivity contribution in [3.63, 3.8) is 0 Å². The Hall–Kier alpha value is -5.14. The highest BCUT2D eigenvalue weighted by Crippen LogP contribution is 2.47. The molecule has 0 atom stereocenters. The summed E-state index contributed by atoms with van der Waals surface area (Å²) in [6.45, 7) is 0. The summed E-state index contributed by atoms with van der Waals surface area (Å²) in [6, 6.07) is 26.4. The second-order valence-corrected chi connectivity index (χ2v) is 13.4. The van der Waals surface area contributed by atoms with E-state index in [2.05, 4.69) is 0 Å². The summed E-state index contributed by atoms with van der Waals surface area (Å²) in [4.78, 5) is -1.05. The second kappa shape index (κ2) is 10.2. The molecule has 0 unspecified atom stereocenters. The van der Waals surface area contributed by atoms with E-state index in [0.717, 1.165) is 10.8 Å². The van der Waals surface area contributed by atoms with Gasteiger partial charge in [-0.2, -0.15) is 16.8 Å². The van der Waals surface area contributed by atoms with Gasteiger partial charge in [0.1, 0.15) is 32.8 Å². The highest BCUT2D eigenvalue weighted by atomic mass is 32.2. The third kappa shape index (κ3) is 4.99. The third-order valence-electron chi connectivity index (χ3n) is 7.80. The first-order valence-corrected chi connectivity index (χ1v) is 16.5. The minimum Gasteiger partial charge on any atom is -0.455 e. The Labute approximate surface area is 257 Å². The van der Waals surface area contributed by atoms with Crippen molar-refractivity contribution in [1.29, 1.82) is 0 Å². The number of benzene rings is 6. The lowest BCUT2D eigenvalue weighted by Crippen LogP contribution is -2.04. The van der Waals surface area contributed by atoms with Crippen molar-refractivity contribution in [2.45, 2.75) is 16.2 Å². The van der Waals surface area contributed by atoms with Gasteiger partial charge in [-0.1, -0.05) is 48.5 Å². The lowest BCUT2D eigenvalue weighted by molar-refractivity contribution is 0.451. The van der Waals surface area contributed by atoms with Crippen LogP contribution in [0.2, 0.25) is 0 Å². The molecule has 1 aliphatic rings. The number of hydrogen-bond donors (Lipinski definition) is 4. The first-order chi connectivity index (χ1) is 21.4. The average Bonchev–Trinajstić information content (AvgIpc) is 3.32. The molecule has 0 heterocycles. The van der Waals surface area contributed by atoms with Crippen molar-refractivity contribution in [2.24, 2.45) is 0 Å². The van der Waals surface area contributed by atoms with Crippen LogP contribution in [0.1, 0.15) is 11.1 Å². The third-order valence-corrected chi connectivity index (χ3v) is 9.55. The van der Waals surface area contributed by atoms with Crippen LogP contribution in [0, 0.1) is 0 Å². The molecule has 6 aromatic rings. The van der Waals surface area contributed by atoms with Crippen molar-refractivity contribution in [3.8, 4) is 34.1 Å². The van der Waals surface area contributed by atoms with Crippen molar-refractivity contribution >= 4 is 53.2 Å². The predicted octanol–water partition coefficient (Wildman–Crippen LogP) is 6.81. The smallest absolute Gasteiger partial charge is 0.298 e. The van der Waals surface area contributed by atoms with Gasteiger partial charge in [0.2, 0.25) is 0 Å². The van der Waals surface area contributed by atoms with Gasteiger partial charge >= 0.3 is 0 Å². The Morgan fingerprint density at radius 3 is 1.29 bits per heavy atom. The largest absolute Gasteiger partial charge is 0.455 e. The van der Waals surface area contributed by atoms with E-state index in [1.807, 2.05) is 24.3 Å². The van der Waals surface area contributed by atoms with E-state index >= 15 is 0 Å². The van der Waals surface area contributed by atoms with Crippen LogP contribution in [-0.4, -0.2) is 25.9 Å². The number of ether oxygens (including phenoxy) is 2. The molecule has 7 rings (SSSR count). The van der Waals surface area contributed by atoms with Gasteiger partial charge in [-0.25, -0.2) is 0 Å². The monoisotopic (exact) mass is 640 g/mol. The Bertz CT molecular complexity index is 2260. The van der Waals surface area contributed by atoms with Crippen molar-refractivity contribution < 1.29 is 35.4 Å². The Kier molecular flexibility index (Phi) is 6.49. The van der Waals surface area contributed by atoms with Crippen LogP contribution in [0.4, 0.5) is 11.4 Å². The van der Waals surface area contributed by atoms with Gasteiger partial charge in [-0.05, 0) is 88.0 Å². The number of nitrogen functional groups attached to an aromatic ring is 2. The molecule has 0 amide bonds. The van der Waals surface area contributed by atoms with Crippen molar-refractivity contribution in [3.05, 3.63) is 108 Å². The first-order valence-electron chi connectivity index (χ1n) is 13.6. The zero-order valence-corrected chi connectivity index (χ0v) is 24.9. The molecule has 0 aromatic heterocycles. The first kappa shape index (κ1) is 28.6. The van der Waals surface area contributed by atoms with E-state index in [1.165, 1.54) is 24.3 Å². The van der Waals surface area contributed by atoms with E-state index < -0.39 is 30.0 Å². The van der Waals surface area contributed by atoms with Crippen molar-refractivity contribution in [2.75, 3.05) is 11.5 Å². The molecule has 226 valence electrons. The summed E-state index contributed by atoms with van der Waals surface area (Å²) in [6.07, 6.45) is 0.240. The molecule has 0 spiro atoms. The Morgan fingerprint density at radius 2 is 0.911 bits per heavy atom. The lowest BCUT2D eigenvalue weighted by atomic mass is 10.0. The molecule has 10 nitrogen and oxygen atoms in total. The van der Waals surface area contributed by atoms with Gasteiger partial charge in [0.25, 0.3) is 20.2 Å². The highest BCUT2D eigenvalue weighted by molar-refractivity contribution is 7.86. The molecule has 0 saturated carbocycles. The summed E-state index contributed by atoms with van der Waals surface area (Å²) in [7, 11) is -9.63. The van der Waals surface area contributed by atoms with Gasteiger partial charge in [0.15, 0.2) is 0 Å². The average molecular weight is 641 g/mol. The predicted molar refractivity (Wildman–Crippen MR) is 171 cm³/mol. The fraction of sp³-hybridized carbons (Fsp3) is 0.0303. The minimum atomic E-state index is -4.81. The SMILES string of the molecule is Nc1cccc2cccc(Oc3cc4c(cc3S(=O)(=O)O)-c3cc(S(=O)(=O)O)c(Oc5cccc6cccc(N)c56)cc3C4)c12. The lowest BCUT2D eigenvalue weighted by Gasteiger charge is -2.15. The van der Waals surface area contributed by atoms with Crippen LogP contribution in [-0.2, 0) is 26.7 Å². The Balaban J connectivity index is 1.36. The maximum Gasteiger partial charge on any atom is 0.298 e. The zero-order valence-electron chi connectivity index (χ0n) is 23.3. The molecule has 0 saturated heterocycles. The van der Waals surface area contributed by atoms with Crippen molar-refractivity contribution in [1.82, 2.24) is 0 Å². The number of anilines is 2. The normalized spacial score (nSPS) is 12.7. The second-order valence-electron chi connectivity index (χ2n) is 10.6. The molecule has 0 radical (unpaired) electrons. The van der Waals surface area contributed by atoms with Crippen LogP contribution in [0.25, 0.3) is 32.7 Å². The van der Waals surface area contributed by atoms with Crippen LogP contribution in [0.15, 0.2) is 107 Å². The quantitative estimate of drug-likeness (QED) is 0.111. The summed E-state index contributed by atoms with van der Waals surface area (Å²) in [5, 5.41) is 2.68. The minimum absolute atomic E-state index is 0.141. The topological polar surface area (TPSA) is 179 Å². The number of fused-ring (bicyclic) bond motifs is 5. The van der Waals surface area contributed by atoms with Crippen LogP contribution in [0.3, 0.4) is 0 Å². The molecule has 0 aliphatic heterocycles. The molecule has 0 bridgehead atoms. The van der Waals surface area contributed by atoms with E-state index in [9.17, 15) is 25.9 Å². The van der Waals surface area contributed by atoms with Gasteiger partial charge in [0.05, 0.1) is 0 Å². The fourth-order valence-corrected chi connectivity index (χ4v) is 7.09. The summed E-state index contributed by atoms with van der Waals surface area (Å²) >= 11 is 0. The van der Waals surface area contributed by atoms with Crippen LogP contribution >= 0.6 is 0 Å². The van der Waals surface area contributed by atoms with E-state index in [-0.39, 0.29) is 29.4 Å². The Morgan fingerprint density at radius 1 is 0.533 bits per heavy atom. The van der Waals surface area contributed by atoms with Gasteiger partial charge in [-0.15, -0.1) is 0 Å². The highest BCUT2D eigenvalue weighted by Gasteiger charge is 2.30. The van der Waals surface area contributed by atoms with Gasteiger partial charge < -0.3 is 20.9 Å². The molecule has 1 aliphatic carbocycles. The number of hydrogen-bond acceptors (Lipinski definition) is 8. The zero-order chi connectivity index (χ0) is 31.7. The summed E-state index contributed by atoms with van der Waals surface area (Å²) < 4.78 is 82.9. The molecular weight excluding hydrogens is 617 g/mol. The molecule has 45 heavy (non-hydrogen) atoms. The number of rotatable bonds is 6. The fourth-order valence-electron chi connectivity index (χ4n) is 5.84. The maximum absolute atomic E-state index is 12.6. The molecule has 6 aromatic carbocycles. The van der Waals surface area contributed by atoms with E-state index in [1.54, 1.807) is 48.5 Å². The van der Waals surface area contributed by atoms with E-state index in [0.29, 0.717) is 44.4 Å². The maximum atomic E-state index is 12.6. The summed E-state index contributed by atoms with van der Waals surface area (Å²) in [5.74, 6) is 0.282. The van der Waals surface area contributed by atoms with Gasteiger partial charge in [-0.3, -0.25) is 9.11 Å². The number of nitrogens with two attached hydrogens (primary N) is 2. The standard InChI is InChI=1S/C33H24N2O8S2/c34-24-9-1-5-18-7-3-11-26(32(18)24)42-28-14-20-13-21-15-29(43-27-12-4-8-19-6-2-10-25(35)33(19)27)31(45(39,40)41)17-23(21)22(20)16-30(28)44(36,37)38/h1-12,14-17H,13,34-35H2,(H,36,37,38)(H,39,40,41). The molecular formula is C33H24N2O8S2. The van der Waals surface area contributed by atoms with Gasteiger partial charge in [0, 0.05) is 22.1 Å². The van der Waals surface area contributed by atoms with Crippen LogP contribution in [0.5, 0.6) is 23.0 Å².